The van der Waals surface area contributed by atoms with E-state index in [4.69, 9.17) is 18.9 Å². The van der Waals surface area contributed by atoms with E-state index < -0.39 is 5.60 Å². The summed E-state index contributed by atoms with van der Waals surface area (Å²) in [6, 6.07) is 10.1. The monoisotopic (exact) mass is 379 g/mol. The largest absolute Gasteiger partial charge is 0.444 e. The topological polar surface area (TPSA) is 57.2 Å². The molecule has 6 heteroatoms. The van der Waals surface area contributed by atoms with Crippen molar-refractivity contribution in [2.45, 2.75) is 51.9 Å². The van der Waals surface area contributed by atoms with Gasteiger partial charge in [0.1, 0.15) is 5.60 Å². The van der Waals surface area contributed by atoms with Gasteiger partial charge in [0.15, 0.2) is 0 Å². The fourth-order valence-corrected chi connectivity index (χ4v) is 2.79. The van der Waals surface area contributed by atoms with Gasteiger partial charge in [-0.3, -0.25) is 0 Å². The minimum atomic E-state index is -0.452. The van der Waals surface area contributed by atoms with Crippen LogP contribution in [0.2, 0.25) is 0 Å². The second-order valence-corrected chi connectivity index (χ2v) is 7.69. The van der Waals surface area contributed by atoms with E-state index >= 15 is 0 Å². The van der Waals surface area contributed by atoms with Crippen LogP contribution in [0.3, 0.4) is 0 Å². The molecule has 0 unspecified atom stereocenters. The Balaban J connectivity index is 1.45. The van der Waals surface area contributed by atoms with Crippen molar-refractivity contribution in [3.05, 3.63) is 35.9 Å². The van der Waals surface area contributed by atoms with Gasteiger partial charge in [0.25, 0.3) is 0 Å². The molecule has 1 saturated heterocycles. The molecule has 1 aromatic carbocycles. The standard InChI is InChI=1S/C21H33NO5/c1-21(2,3)27-20(23)22-11-9-19(10-12-22)26-16-15-24-13-14-25-17-18-7-5-4-6-8-18/h4-8,19H,9-17H2,1-3H3. The van der Waals surface area contributed by atoms with Gasteiger partial charge >= 0.3 is 6.09 Å². The molecule has 0 aromatic heterocycles. The highest BCUT2D eigenvalue weighted by atomic mass is 16.6. The summed E-state index contributed by atoms with van der Waals surface area (Å²) in [6.45, 7) is 9.86. The molecule has 0 aliphatic carbocycles. The first-order valence-corrected chi connectivity index (χ1v) is 9.73. The zero-order valence-corrected chi connectivity index (χ0v) is 16.8. The van der Waals surface area contributed by atoms with Crippen LogP contribution in [0.5, 0.6) is 0 Å². The zero-order chi connectivity index (χ0) is 19.5. The van der Waals surface area contributed by atoms with E-state index in [0.717, 1.165) is 12.8 Å². The molecule has 1 aromatic rings. The first kappa shape index (κ1) is 21.7. The quantitative estimate of drug-likeness (QED) is 0.613. The van der Waals surface area contributed by atoms with Crippen molar-refractivity contribution >= 4 is 6.09 Å². The van der Waals surface area contributed by atoms with Crippen LogP contribution in [0, 0.1) is 0 Å². The van der Waals surface area contributed by atoms with Gasteiger partial charge in [-0.2, -0.15) is 0 Å². The van der Waals surface area contributed by atoms with Gasteiger partial charge in [-0.05, 0) is 39.2 Å². The molecule has 1 fully saturated rings. The molecule has 27 heavy (non-hydrogen) atoms. The third-order valence-electron chi connectivity index (χ3n) is 4.16. The number of carbonyl (C=O) groups is 1. The molecule has 1 aliphatic rings. The van der Waals surface area contributed by atoms with E-state index in [1.54, 1.807) is 4.90 Å². The minimum absolute atomic E-state index is 0.182. The van der Waals surface area contributed by atoms with Crippen LogP contribution in [-0.4, -0.2) is 62.2 Å². The first-order chi connectivity index (χ1) is 12.9. The van der Waals surface area contributed by atoms with Crippen molar-refractivity contribution in [1.29, 1.82) is 0 Å². The molecule has 0 radical (unpaired) electrons. The van der Waals surface area contributed by atoms with Gasteiger partial charge in [0.2, 0.25) is 0 Å². The van der Waals surface area contributed by atoms with Crippen LogP contribution in [0.25, 0.3) is 0 Å². The van der Waals surface area contributed by atoms with Crippen molar-refractivity contribution in [1.82, 2.24) is 4.90 Å². The molecule has 0 saturated carbocycles. The average molecular weight is 379 g/mol. The maximum absolute atomic E-state index is 12.0. The van der Waals surface area contributed by atoms with Crippen LogP contribution in [0.1, 0.15) is 39.2 Å². The van der Waals surface area contributed by atoms with Crippen LogP contribution in [0.4, 0.5) is 4.79 Å². The summed E-state index contributed by atoms with van der Waals surface area (Å²) in [5.41, 5.74) is 0.714. The van der Waals surface area contributed by atoms with Crippen molar-refractivity contribution in [3.63, 3.8) is 0 Å². The fourth-order valence-electron chi connectivity index (χ4n) is 2.79. The van der Waals surface area contributed by atoms with Gasteiger partial charge in [-0.15, -0.1) is 0 Å². The smallest absolute Gasteiger partial charge is 0.410 e. The van der Waals surface area contributed by atoms with Crippen LogP contribution >= 0.6 is 0 Å². The molecular formula is C21H33NO5. The van der Waals surface area contributed by atoms with Crippen LogP contribution in [0.15, 0.2) is 30.3 Å². The Morgan fingerprint density at radius 3 is 2.30 bits per heavy atom. The number of rotatable bonds is 9. The number of ether oxygens (including phenoxy) is 4. The predicted octanol–water partition coefficient (Wildman–Crippen LogP) is 3.64. The van der Waals surface area contributed by atoms with E-state index in [2.05, 4.69) is 0 Å². The first-order valence-electron chi connectivity index (χ1n) is 9.73. The number of piperidine rings is 1. The Morgan fingerprint density at radius 1 is 1.00 bits per heavy atom. The van der Waals surface area contributed by atoms with Crippen molar-refractivity contribution < 1.29 is 23.7 Å². The highest BCUT2D eigenvalue weighted by Gasteiger charge is 2.26. The predicted molar refractivity (Wildman–Crippen MR) is 104 cm³/mol. The van der Waals surface area contributed by atoms with Crippen LogP contribution in [-0.2, 0) is 25.6 Å². The SMILES string of the molecule is CC(C)(C)OC(=O)N1CCC(OCCOCCOCc2ccccc2)CC1. The Kier molecular flexibility index (Phi) is 9.04. The molecule has 0 bridgehead atoms. The second kappa shape index (κ2) is 11.3. The third kappa shape index (κ3) is 9.22. The van der Waals surface area contributed by atoms with E-state index in [9.17, 15) is 4.79 Å². The fraction of sp³-hybridized carbons (Fsp3) is 0.667. The molecule has 6 nitrogen and oxygen atoms in total. The highest BCUT2D eigenvalue weighted by molar-refractivity contribution is 5.68. The highest BCUT2D eigenvalue weighted by Crippen LogP contribution is 2.17. The normalized spacial score (nSPS) is 15.7. The van der Waals surface area contributed by atoms with Gasteiger partial charge < -0.3 is 23.8 Å². The summed E-state index contributed by atoms with van der Waals surface area (Å²) in [5, 5.41) is 0. The van der Waals surface area contributed by atoms with Crippen LogP contribution < -0.4 is 0 Å². The Labute approximate surface area is 162 Å². The van der Waals surface area contributed by atoms with Gasteiger partial charge in [-0.1, -0.05) is 30.3 Å². The molecule has 0 N–H and O–H groups in total. The summed E-state index contributed by atoms with van der Waals surface area (Å²) in [6.07, 6.45) is 1.61. The molecule has 0 spiro atoms. The van der Waals surface area contributed by atoms with Crippen molar-refractivity contribution in [2.75, 3.05) is 39.5 Å². The van der Waals surface area contributed by atoms with Crippen molar-refractivity contribution in [2.24, 2.45) is 0 Å². The summed E-state index contributed by atoms with van der Waals surface area (Å²) in [4.78, 5) is 13.8. The molecule has 1 heterocycles. The summed E-state index contributed by atoms with van der Waals surface area (Å²) >= 11 is 0. The number of benzene rings is 1. The zero-order valence-electron chi connectivity index (χ0n) is 16.8. The molecule has 1 amide bonds. The summed E-state index contributed by atoms with van der Waals surface area (Å²) in [7, 11) is 0. The molecule has 152 valence electrons. The summed E-state index contributed by atoms with van der Waals surface area (Å²) < 4.78 is 22.4. The molecule has 0 atom stereocenters. The molecule has 1 aliphatic heterocycles. The Bertz CT molecular complexity index is 535. The lowest BCUT2D eigenvalue weighted by molar-refractivity contribution is -0.0364. The van der Waals surface area contributed by atoms with E-state index in [-0.39, 0.29) is 12.2 Å². The van der Waals surface area contributed by atoms with E-state index in [0.29, 0.717) is 46.1 Å². The number of likely N-dealkylation sites (tertiary alicyclic amines) is 1. The summed E-state index contributed by atoms with van der Waals surface area (Å²) in [5.74, 6) is 0. The minimum Gasteiger partial charge on any atom is -0.444 e. The Hall–Kier alpha value is -1.63. The maximum Gasteiger partial charge on any atom is 0.410 e. The van der Waals surface area contributed by atoms with E-state index in [1.807, 2.05) is 51.1 Å². The van der Waals surface area contributed by atoms with Crippen molar-refractivity contribution in [3.8, 4) is 0 Å². The number of hydrogen-bond acceptors (Lipinski definition) is 5. The number of carbonyl (C=O) groups excluding carboxylic acids is 1. The number of hydrogen-bond donors (Lipinski definition) is 0. The van der Waals surface area contributed by atoms with Gasteiger partial charge in [0.05, 0.1) is 39.1 Å². The van der Waals surface area contributed by atoms with E-state index in [1.165, 1.54) is 5.56 Å². The Morgan fingerprint density at radius 2 is 1.63 bits per heavy atom. The third-order valence-corrected chi connectivity index (χ3v) is 4.16. The van der Waals surface area contributed by atoms with Gasteiger partial charge in [-0.25, -0.2) is 4.79 Å². The number of nitrogens with zero attached hydrogens (tertiary/aromatic N) is 1. The lowest BCUT2D eigenvalue weighted by atomic mass is 10.1. The second-order valence-electron chi connectivity index (χ2n) is 7.69. The average Bonchev–Trinajstić information content (AvgIpc) is 2.64. The lowest BCUT2D eigenvalue weighted by Gasteiger charge is -2.33. The maximum atomic E-state index is 12.0. The lowest BCUT2D eigenvalue weighted by Crippen LogP contribution is -2.43. The van der Waals surface area contributed by atoms with Gasteiger partial charge in [0, 0.05) is 13.1 Å². The molecule has 2 rings (SSSR count). The number of amides is 1. The molecular weight excluding hydrogens is 346 g/mol.